The first-order valence-corrected chi connectivity index (χ1v) is 11.5. The minimum Gasteiger partial charge on any atom is -0.234 e. The maximum atomic E-state index is 2.48. The van der Waals surface area contributed by atoms with Gasteiger partial charge < -0.3 is 0 Å². The van der Waals surface area contributed by atoms with E-state index in [1.807, 2.05) is 0 Å². The Morgan fingerprint density at radius 3 is 1.93 bits per heavy atom. The van der Waals surface area contributed by atoms with Gasteiger partial charge in [0.2, 0.25) is 0 Å². The van der Waals surface area contributed by atoms with E-state index in [9.17, 15) is 0 Å². The van der Waals surface area contributed by atoms with Crippen molar-refractivity contribution in [3.8, 4) is 0 Å². The number of benzene rings is 2. The summed E-state index contributed by atoms with van der Waals surface area (Å²) in [7, 11) is 0. The van der Waals surface area contributed by atoms with Crippen molar-refractivity contribution in [1.29, 1.82) is 0 Å². The molecule has 0 amide bonds. The molecule has 2 aromatic carbocycles. The van der Waals surface area contributed by atoms with Crippen LogP contribution in [0.25, 0.3) is 0 Å². The first-order valence-electron chi connectivity index (χ1n) is 11.5. The van der Waals surface area contributed by atoms with Crippen LogP contribution in [0.4, 0.5) is 0 Å². The molecule has 2 nitrogen and oxygen atoms in total. The highest BCUT2D eigenvalue weighted by molar-refractivity contribution is 5.19. The number of imidazole rings is 1. The van der Waals surface area contributed by atoms with Gasteiger partial charge in [-0.25, -0.2) is 9.13 Å². The van der Waals surface area contributed by atoms with E-state index >= 15 is 0 Å². The highest BCUT2D eigenvalue weighted by atomic mass is 15.1. The van der Waals surface area contributed by atoms with Gasteiger partial charge in [0, 0.05) is 0 Å². The van der Waals surface area contributed by atoms with E-state index in [0.29, 0.717) is 0 Å². The van der Waals surface area contributed by atoms with Gasteiger partial charge >= 0.3 is 0 Å². The van der Waals surface area contributed by atoms with Gasteiger partial charge in [-0.2, -0.15) is 0 Å². The van der Waals surface area contributed by atoms with Crippen LogP contribution >= 0.6 is 0 Å². The first kappa shape index (κ1) is 21.4. The maximum absolute atomic E-state index is 2.48. The third kappa shape index (κ3) is 7.20. The van der Waals surface area contributed by atoms with Crippen molar-refractivity contribution in [3.63, 3.8) is 0 Å². The highest BCUT2D eigenvalue weighted by Gasteiger charge is 2.17. The van der Waals surface area contributed by atoms with E-state index in [0.717, 1.165) is 19.5 Å². The molecule has 0 bridgehead atoms. The summed E-state index contributed by atoms with van der Waals surface area (Å²) < 4.78 is 4.90. The lowest BCUT2D eigenvalue weighted by Gasteiger charge is -2.07. The van der Waals surface area contributed by atoms with Crippen LogP contribution in [0.3, 0.4) is 0 Å². The van der Waals surface area contributed by atoms with Gasteiger partial charge in [0.05, 0.1) is 13.0 Å². The van der Waals surface area contributed by atoms with Crippen molar-refractivity contribution >= 4 is 0 Å². The van der Waals surface area contributed by atoms with Gasteiger partial charge in [-0.05, 0) is 24.0 Å². The van der Waals surface area contributed by atoms with Crippen LogP contribution in [0.2, 0.25) is 0 Å². The average molecular weight is 390 g/mol. The van der Waals surface area contributed by atoms with E-state index in [4.69, 9.17) is 0 Å². The highest BCUT2D eigenvalue weighted by Crippen LogP contribution is 2.12. The average Bonchev–Trinajstić information content (AvgIpc) is 3.12. The molecule has 154 valence electrons. The number of aromatic nitrogens is 2. The van der Waals surface area contributed by atoms with E-state index in [1.165, 1.54) is 68.3 Å². The first-order chi connectivity index (χ1) is 14.4. The summed E-state index contributed by atoms with van der Waals surface area (Å²) in [5.41, 5.74) is 2.74. The SMILES string of the molecule is CCCCCCCCCC[n+]1ccn(Cc2ccccc2)c1Cc1ccccc1. The Bertz CT molecular complexity index is 805. The third-order valence-electron chi connectivity index (χ3n) is 5.74. The van der Waals surface area contributed by atoms with E-state index in [2.05, 4.69) is 89.1 Å². The molecule has 2 heteroatoms. The van der Waals surface area contributed by atoms with Crippen molar-refractivity contribution in [1.82, 2.24) is 4.57 Å². The zero-order valence-corrected chi connectivity index (χ0v) is 18.1. The number of unbranched alkanes of at least 4 members (excludes halogenated alkanes) is 7. The molecule has 0 saturated heterocycles. The lowest BCUT2D eigenvalue weighted by Crippen LogP contribution is -2.37. The van der Waals surface area contributed by atoms with Crippen molar-refractivity contribution in [3.05, 3.63) is 90.0 Å². The molecule has 0 aliphatic heterocycles. The second-order valence-corrected chi connectivity index (χ2v) is 8.16. The summed E-state index contributed by atoms with van der Waals surface area (Å²) in [6.07, 6.45) is 16.5. The Kier molecular flexibility index (Phi) is 9.03. The number of nitrogens with zero attached hydrogens (tertiary/aromatic N) is 2. The predicted octanol–water partition coefficient (Wildman–Crippen LogP) is 6.56. The number of rotatable bonds is 13. The van der Waals surface area contributed by atoms with Crippen molar-refractivity contribution in [2.45, 2.75) is 77.8 Å². The van der Waals surface area contributed by atoms with E-state index < -0.39 is 0 Å². The molecule has 0 spiro atoms. The van der Waals surface area contributed by atoms with Gasteiger partial charge in [0.15, 0.2) is 0 Å². The second kappa shape index (κ2) is 12.3. The molecular weight excluding hydrogens is 352 g/mol. The summed E-state index contributed by atoms with van der Waals surface area (Å²) >= 11 is 0. The molecule has 0 atom stereocenters. The summed E-state index contributed by atoms with van der Waals surface area (Å²) in [6.45, 7) is 4.35. The summed E-state index contributed by atoms with van der Waals surface area (Å²) in [5.74, 6) is 1.41. The Hall–Kier alpha value is -2.35. The number of aryl methyl sites for hydroxylation is 1. The van der Waals surface area contributed by atoms with Gasteiger partial charge in [-0.3, -0.25) is 0 Å². The van der Waals surface area contributed by atoms with Crippen LogP contribution in [0, 0.1) is 0 Å². The second-order valence-electron chi connectivity index (χ2n) is 8.16. The summed E-state index contributed by atoms with van der Waals surface area (Å²) in [4.78, 5) is 0. The Morgan fingerprint density at radius 1 is 0.690 bits per heavy atom. The summed E-state index contributed by atoms with van der Waals surface area (Å²) in [5, 5.41) is 0. The molecule has 1 aromatic heterocycles. The molecule has 0 aliphatic carbocycles. The fraction of sp³-hybridized carbons (Fsp3) is 0.444. The minimum absolute atomic E-state index is 0.938. The van der Waals surface area contributed by atoms with Crippen LogP contribution in [0.15, 0.2) is 73.1 Å². The van der Waals surface area contributed by atoms with Crippen LogP contribution < -0.4 is 4.57 Å². The van der Waals surface area contributed by atoms with Crippen LogP contribution in [-0.4, -0.2) is 4.57 Å². The fourth-order valence-electron chi connectivity index (χ4n) is 4.02. The van der Waals surface area contributed by atoms with Gasteiger partial charge in [-0.1, -0.05) is 106 Å². The number of hydrogen-bond donors (Lipinski definition) is 0. The van der Waals surface area contributed by atoms with Crippen LogP contribution in [0.1, 0.15) is 75.2 Å². The fourth-order valence-corrected chi connectivity index (χ4v) is 4.02. The predicted molar refractivity (Wildman–Crippen MR) is 122 cm³/mol. The molecule has 0 unspecified atom stereocenters. The van der Waals surface area contributed by atoms with Crippen molar-refractivity contribution < 1.29 is 4.57 Å². The lowest BCUT2D eigenvalue weighted by molar-refractivity contribution is -0.703. The molecule has 0 aliphatic rings. The van der Waals surface area contributed by atoms with Gasteiger partial charge in [0.1, 0.15) is 18.9 Å². The zero-order valence-electron chi connectivity index (χ0n) is 18.1. The van der Waals surface area contributed by atoms with E-state index in [-0.39, 0.29) is 0 Å². The Labute approximate surface area is 177 Å². The molecule has 29 heavy (non-hydrogen) atoms. The Balaban J connectivity index is 1.60. The quantitative estimate of drug-likeness (QED) is 0.231. The monoisotopic (exact) mass is 389 g/mol. The van der Waals surface area contributed by atoms with Crippen LogP contribution in [-0.2, 0) is 19.5 Å². The molecule has 0 N–H and O–H groups in total. The molecular formula is C27H37N2+. The van der Waals surface area contributed by atoms with Crippen LogP contribution in [0.5, 0.6) is 0 Å². The van der Waals surface area contributed by atoms with E-state index in [1.54, 1.807) is 0 Å². The van der Waals surface area contributed by atoms with Gasteiger partial charge in [-0.15, -0.1) is 0 Å². The third-order valence-corrected chi connectivity index (χ3v) is 5.74. The zero-order chi connectivity index (χ0) is 20.2. The lowest BCUT2D eigenvalue weighted by atomic mass is 10.1. The molecule has 0 radical (unpaired) electrons. The normalized spacial score (nSPS) is 11.1. The topological polar surface area (TPSA) is 8.81 Å². The molecule has 0 saturated carbocycles. The summed E-state index contributed by atoms with van der Waals surface area (Å²) in [6, 6.07) is 21.6. The molecule has 1 heterocycles. The van der Waals surface area contributed by atoms with Gasteiger partial charge in [0.25, 0.3) is 5.82 Å². The molecule has 0 fully saturated rings. The minimum atomic E-state index is 0.938. The smallest absolute Gasteiger partial charge is 0.234 e. The molecule has 3 aromatic rings. The standard InChI is InChI=1S/C27H37N2/c1-2-3-4-5-6-7-8-15-20-28-21-22-29(24-26-18-13-10-14-19-26)27(28)23-25-16-11-9-12-17-25/h9-14,16-19,21-22H,2-8,15,20,23-24H2,1H3/q+1. The Morgan fingerprint density at radius 2 is 1.28 bits per heavy atom. The maximum Gasteiger partial charge on any atom is 0.261 e. The van der Waals surface area contributed by atoms with Crippen molar-refractivity contribution in [2.24, 2.45) is 0 Å². The van der Waals surface area contributed by atoms with Crippen molar-refractivity contribution in [2.75, 3.05) is 0 Å². The molecule has 3 rings (SSSR count). The number of hydrogen-bond acceptors (Lipinski definition) is 0. The largest absolute Gasteiger partial charge is 0.261 e.